The largest absolute Gasteiger partial charge is 0.308 e. The van der Waals surface area contributed by atoms with Crippen molar-refractivity contribution in [2.45, 2.75) is 64.2 Å². The van der Waals surface area contributed by atoms with Crippen LogP contribution in [0.1, 0.15) is 75.6 Å². The van der Waals surface area contributed by atoms with Gasteiger partial charge in [0.25, 0.3) is 0 Å². The lowest BCUT2D eigenvalue weighted by molar-refractivity contribution is 0.591. The molecule has 4 aliphatic rings. The first-order chi connectivity index (χ1) is 17.9. The van der Waals surface area contributed by atoms with Crippen LogP contribution in [0, 0.1) is 0 Å². The highest BCUT2D eigenvalue weighted by molar-refractivity contribution is 5.97. The minimum atomic E-state index is -0.0730. The molecule has 0 saturated carbocycles. The topological polar surface area (TPSA) is 4.93 Å². The molecule has 182 valence electrons. The van der Waals surface area contributed by atoms with Crippen LogP contribution in [0.2, 0.25) is 0 Å². The van der Waals surface area contributed by atoms with Crippen molar-refractivity contribution in [2.75, 3.05) is 0 Å². The number of fused-ring (bicyclic) bond motifs is 1. The summed E-state index contributed by atoms with van der Waals surface area (Å²) in [5.41, 5.74) is 14.2. The lowest BCUT2D eigenvalue weighted by Gasteiger charge is -2.42. The maximum absolute atomic E-state index is 2.66. The van der Waals surface area contributed by atoms with Gasteiger partial charge in [0.15, 0.2) is 0 Å². The van der Waals surface area contributed by atoms with Gasteiger partial charge in [0.2, 0.25) is 0 Å². The number of aromatic nitrogens is 1. The Kier molecular flexibility index (Phi) is 4.09. The quantitative estimate of drug-likeness (QED) is 0.278. The molecule has 3 aromatic carbocycles. The first kappa shape index (κ1) is 21.5. The van der Waals surface area contributed by atoms with E-state index < -0.39 is 0 Å². The molecule has 3 heterocycles. The van der Waals surface area contributed by atoms with Crippen molar-refractivity contribution in [1.29, 1.82) is 0 Å². The van der Waals surface area contributed by atoms with E-state index in [4.69, 9.17) is 0 Å². The summed E-state index contributed by atoms with van der Waals surface area (Å²) in [6.45, 7) is 9.76. The Morgan fingerprint density at radius 3 is 2.30 bits per heavy atom. The average molecular weight is 480 g/mol. The summed E-state index contributed by atoms with van der Waals surface area (Å²) in [7, 11) is 0. The number of nitrogens with zero attached hydrogens (tertiary/aromatic N) is 1. The highest BCUT2D eigenvalue weighted by Crippen LogP contribution is 2.51. The molecule has 8 rings (SSSR count). The van der Waals surface area contributed by atoms with E-state index in [1.165, 1.54) is 66.1 Å². The predicted octanol–water partition coefficient (Wildman–Crippen LogP) is 7.69. The minimum Gasteiger partial charge on any atom is -0.308 e. The zero-order valence-electron chi connectivity index (χ0n) is 22.3. The van der Waals surface area contributed by atoms with Crippen molar-refractivity contribution in [3.63, 3.8) is 0 Å². The molecule has 2 aliphatic heterocycles. The predicted molar refractivity (Wildman–Crippen MR) is 157 cm³/mol. The van der Waals surface area contributed by atoms with E-state index in [2.05, 4.69) is 111 Å². The second-order valence-corrected chi connectivity index (χ2v) is 12.4. The monoisotopic (exact) mass is 479 g/mol. The zero-order chi connectivity index (χ0) is 25.1. The number of para-hydroxylation sites is 1. The first-order valence-electron chi connectivity index (χ1n) is 13.9. The van der Waals surface area contributed by atoms with Crippen LogP contribution in [0.4, 0.5) is 0 Å². The lowest BCUT2D eigenvalue weighted by atomic mass is 9.67. The van der Waals surface area contributed by atoms with E-state index in [1.807, 2.05) is 0 Å². The summed E-state index contributed by atoms with van der Waals surface area (Å²) >= 11 is 0. The molecule has 1 heteroatoms. The van der Waals surface area contributed by atoms with Gasteiger partial charge in [-0.15, -0.1) is 0 Å². The molecule has 0 saturated heterocycles. The van der Waals surface area contributed by atoms with Gasteiger partial charge < -0.3 is 4.57 Å². The van der Waals surface area contributed by atoms with Gasteiger partial charge in [-0.2, -0.15) is 0 Å². The maximum Gasteiger partial charge on any atom is 0.0582 e. The molecular weight excluding hydrogens is 446 g/mol. The third kappa shape index (κ3) is 2.65. The first-order valence-corrected chi connectivity index (χ1v) is 13.9. The smallest absolute Gasteiger partial charge is 0.0582 e. The summed E-state index contributed by atoms with van der Waals surface area (Å²) in [5.74, 6) is 0. The fraction of sp³-hybridized carbons (Fsp3) is 0.278. The SMILES string of the molecule is CC1(C)C2=c3c(c4cc(-c5cccc(C6=CCCC=C6)c5)cc5c4n3-c3c1cccc3C5(C)C)=CCC2. The number of benzene rings is 3. The molecule has 2 aliphatic carbocycles. The molecule has 0 bridgehead atoms. The Morgan fingerprint density at radius 2 is 1.49 bits per heavy atom. The molecule has 1 aromatic heterocycles. The van der Waals surface area contributed by atoms with E-state index in [0.29, 0.717) is 0 Å². The molecule has 0 atom stereocenters. The Balaban J connectivity index is 1.50. The highest BCUT2D eigenvalue weighted by Gasteiger charge is 2.43. The van der Waals surface area contributed by atoms with Crippen molar-refractivity contribution >= 4 is 28.1 Å². The van der Waals surface area contributed by atoms with Crippen molar-refractivity contribution < 1.29 is 0 Å². The fourth-order valence-electron chi connectivity index (χ4n) is 7.71. The van der Waals surface area contributed by atoms with Crippen molar-refractivity contribution in [1.82, 2.24) is 4.57 Å². The number of allylic oxidation sites excluding steroid dienone is 4. The molecule has 0 unspecified atom stereocenters. The van der Waals surface area contributed by atoms with E-state index in [-0.39, 0.29) is 10.8 Å². The highest BCUT2D eigenvalue weighted by atomic mass is 15.0. The maximum atomic E-state index is 2.66. The van der Waals surface area contributed by atoms with Crippen LogP contribution in [-0.2, 0) is 10.8 Å². The Bertz CT molecular complexity index is 1870. The molecule has 0 amide bonds. The van der Waals surface area contributed by atoms with E-state index in [0.717, 1.165) is 25.7 Å². The summed E-state index contributed by atoms with van der Waals surface area (Å²) in [5, 5.41) is 4.36. The average Bonchev–Trinajstić information content (AvgIpc) is 3.26. The third-order valence-electron chi connectivity index (χ3n) is 9.69. The van der Waals surface area contributed by atoms with Crippen molar-refractivity contribution in [2.24, 2.45) is 0 Å². The minimum absolute atomic E-state index is 0.0463. The van der Waals surface area contributed by atoms with Gasteiger partial charge in [0.1, 0.15) is 0 Å². The molecule has 4 aromatic rings. The van der Waals surface area contributed by atoms with Gasteiger partial charge in [-0.3, -0.25) is 0 Å². The molecule has 1 nitrogen and oxygen atoms in total. The Morgan fingerprint density at radius 1 is 0.703 bits per heavy atom. The van der Waals surface area contributed by atoms with E-state index in [1.54, 1.807) is 5.57 Å². The van der Waals surface area contributed by atoms with Crippen LogP contribution in [-0.4, -0.2) is 4.57 Å². The summed E-state index contributed by atoms with van der Waals surface area (Å²) in [4.78, 5) is 0. The van der Waals surface area contributed by atoms with Gasteiger partial charge >= 0.3 is 0 Å². The number of hydrogen-bond donors (Lipinski definition) is 0. The van der Waals surface area contributed by atoms with Crippen LogP contribution in [0.5, 0.6) is 0 Å². The molecular formula is C36H33N. The second kappa shape index (κ2) is 7.04. The summed E-state index contributed by atoms with van der Waals surface area (Å²) in [6.07, 6.45) is 14.0. The molecule has 0 radical (unpaired) electrons. The Hall–Kier alpha value is -3.58. The second-order valence-electron chi connectivity index (χ2n) is 12.4. The normalized spacial score (nSPS) is 19.6. The van der Waals surface area contributed by atoms with Crippen LogP contribution < -0.4 is 10.6 Å². The van der Waals surface area contributed by atoms with Crippen molar-refractivity contribution in [3.05, 3.63) is 106 Å². The van der Waals surface area contributed by atoms with Crippen LogP contribution in [0.15, 0.2) is 72.8 Å². The summed E-state index contributed by atoms with van der Waals surface area (Å²) in [6, 6.07) is 21.2. The van der Waals surface area contributed by atoms with Gasteiger partial charge in [0.05, 0.1) is 16.6 Å². The summed E-state index contributed by atoms with van der Waals surface area (Å²) < 4.78 is 2.66. The van der Waals surface area contributed by atoms with Crippen LogP contribution >= 0.6 is 0 Å². The third-order valence-corrected chi connectivity index (χ3v) is 9.69. The van der Waals surface area contributed by atoms with E-state index >= 15 is 0 Å². The molecule has 0 N–H and O–H groups in total. The van der Waals surface area contributed by atoms with Gasteiger partial charge in [-0.25, -0.2) is 0 Å². The Labute approximate surface area is 219 Å². The molecule has 0 fully saturated rings. The number of hydrogen-bond acceptors (Lipinski definition) is 0. The van der Waals surface area contributed by atoms with Gasteiger partial charge in [-0.1, -0.05) is 88.4 Å². The van der Waals surface area contributed by atoms with E-state index in [9.17, 15) is 0 Å². The molecule has 37 heavy (non-hydrogen) atoms. The van der Waals surface area contributed by atoms with Gasteiger partial charge in [0, 0.05) is 21.4 Å². The van der Waals surface area contributed by atoms with Crippen molar-refractivity contribution in [3.8, 4) is 16.8 Å². The number of rotatable bonds is 2. The van der Waals surface area contributed by atoms with Gasteiger partial charge in [-0.05, 0) is 88.4 Å². The van der Waals surface area contributed by atoms with Crippen LogP contribution in [0.25, 0.3) is 44.9 Å². The fourth-order valence-corrected chi connectivity index (χ4v) is 7.71. The standard InChI is InChI=1S/C36H33N/c1-35(2)28-16-9-15-26-27-20-25(24-14-8-13-23(19-24)22-11-6-5-7-12-22)21-31-33(27)37(32(26)28)34-29(35)17-10-18-30(34)36(31,3)4/h6,8,10-15,17-21H,5,7,9,16H2,1-4H3. The zero-order valence-corrected chi connectivity index (χ0v) is 22.3. The lowest BCUT2D eigenvalue weighted by Crippen LogP contribution is -2.45. The molecule has 0 spiro atoms. The van der Waals surface area contributed by atoms with Crippen LogP contribution in [0.3, 0.4) is 0 Å².